The summed E-state index contributed by atoms with van der Waals surface area (Å²) in [7, 11) is -3.48. The van der Waals surface area contributed by atoms with Gasteiger partial charge in [-0.1, -0.05) is 6.92 Å². The molecule has 29 heavy (non-hydrogen) atoms. The Bertz CT molecular complexity index is 1140. The Morgan fingerprint density at radius 1 is 1.00 bits per heavy atom. The first-order chi connectivity index (χ1) is 13.8. The molecule has 0 atom stereocenters. The summed E-state index contributed by atoms with van der Waals surface area (Å²) in [6.45, 7) is 1.51. The zero-order valence-electron chi connectivity index (χ0n) is 15.4. The number of nitrogens with one attached hydrogen (secondary N) is 2. The predicted octanol–water partition coefficient (Wildman–Crippen LogP) is 3.28. The fourth-order valence-electron chi connectivity index (χ4n) is 2.48. The van der Waals surface area contributed by atoms with E-state index >= 15 is 0 Å². The molecule has 3 rings (SSSR count). The van der Waals surface area contributed by atoms with E-state index in [2.05, 4.69) is 10.6 Å². The van der Waals surface area contributed by atoms with E-state index in [0.717, 1.165) is 0 Å². The number of phenolic OH excluding ortho intramolecular Hbond substituents is 1. The molecular weight excluding hydrogens is 396 g/mol. The van der Waals surface area contributed by atoms with Crippen LogP contribution in [0.2, 0.25) is 0 Å². The highest BCUT2D eigenvalue weighted by Gasteiger charge is 2.16. The molecule has 150 valence electrons. The number of aromatic hydroxyl groups is 1. The van der Waals surface area contributed by atoms with Crippen molar-refractivity contribution in [3.63, 3.8) is 0 Å². The minimum Gasteiger partial charge on any atom is -0.506 e. The summed E-state index contributed by atoms with van der Waals surface area (Å²) < 4.78 is 29.0. The standard InChI is InChI=1S/C20H18N2O6S/c1-2-29(26,27)15-9-10-17(23)16(12-15)22-19(24)13-5-7-14(8-6-13)21-20(25)18-4-3-11-28-18/h3-12,23H,2H2,1H3,(H,21,25)(H,22,24). The minimum atomic E-state index is -3.48. The van der Waals surface area contributed by atoms with Crippen molar-refractivity contribution in [3.8, 4) is 5.75 Å². The number of carbonyl (C=O) groups excluding carboxylic acids is 2. The van der Waals surface area contributed by atoms with E-state index in [-0.39, 0.29) is 33.4 Å². The van der Waals surface area contributed by atoms with Gasteiger partial charge in [-0.3, -0.25) is 9.59 Å². The van der Waals surface area contributed by atoms with Crippen molar-refractivity contribution in [1.29, 1.82) is 0 Å². The predicted molar refractivity (Wildman–Crippen MR) is 107 cm³/mol. The molecule has 2 amide bonds. The van der Waals surface area contributed by atoms with E-state index in [1.807, 2.05) is 0 Å². The lowest BCUT2D eigenvalue weighted by atomic mass is 10.2. The van der Waals surface area contributed by atoms with Crippen LogP contribution in [0.25, 0.3) is 0 Å². The van der Waals surface area contributed by atoms with Gasteiger partial charge in [0.1, 0.15) is 5.75 Å². The summed E-state index contributed by atoms with van der Waals surface area (Å²) >= 11 is 0. The maximum atomic E-state index is 12.4. The first-order valence-electron chi connectivity index (χ1n) is 8.62. The highest BCUT2D eigenvalue weighted by atomic mass is 32.2. The Labute approximate surface area is 167 Å². The molecule has 3 aromatic rings. The van der Waals surface area contributed by atoms with Crippen molar-refractivity contribution in [2.75, 3.05) is 16.4 Å². The SMILES string of the molecule is CCS(=O)(=O)c1ccc(O)c(NC(=O)c2ccc(NC(=O)c3ccco3)cc2)c1. The highest BCUT2D eigenvalue weighted by Crippen LogP contribution is 2.27. The summed E-state index contributed by atoms with van der Waals surface area (Å²) in [6, 6.07) is 12.9. The monoisotopic (exact) mass is 414 g/mol. The molecule has 0 saturated heterocycles. The second kappa shape index (κ2) is 8.19. The molecule has 1 heterocycles. The van der Waals surface area contributed by atoms with E-state index in [1.54, 1.807) is 6.07 Å². The number of sulfone groups is 1. The Hall–Kier alpha value is -3.59. The molecule has 3 N–H and O–H groups in total. The van der Waals surface area contributed by atoms with Gasteiger partial charge in [0, 0.05) is 11.3 Å². The topological polar surface area (TPSA) is 126 Å². The molecule has 0 radical (unpaired) electrons. The normalized spacial score (nSPS) is 11.1. The fraction of sp³-hybridized carbons (Fsp3) is 0.100. The van der Waals surface area contributed by atoms with Crippen LogP contribution in [0, 0.1) is 0 Å². The summed E-state index contributed by atoms with van der Waals surface area (Å²) in [5.41, 5.74) is 0.700. The quantitative estimate of drug-likeness (QED) is 0.532. The van der Waals surface area contributed by atoms with Gasteiger partial charge in [-0.2, -0.15) is 0 Å². The second-order valence-electron chi connectivity index (χ2n) is 6.05. The number of rotatable bonds is 6. The van der Waals surface area contributed by atoms with Gasteiger partial charge >= 0.3 is 0 Å². The van der Waals surface area contributed by atoms with E-state index in [0.29, 0.717) is 5.69 Å². The molecule has 1 aromatic heterocycles. The number of anilines is 2. The molecule has 0 aliphatic carbocycles. The average molecular weight is 414 g/mol. The van der Waals surface area contributed by atoms with Crippen LogP contribution in [0.15, 0.2) is 70.2 Å². The number of furan rings is 1. The first kappa shape index (κ1) is 20.2. The Kier molecular flexibility index (Phi) is 5.69. The van der Waals surface area contributed by atoms with Crippen molar-refractivity contribution in [3.05, 3.63) is 72.2 Å². The maximum absolute atomic E-state index is 12.4. The van der Waals surface area contributed by atoms with Crippen LogP contribution >= 0.6 is 0 Å². The molecule has 0 unspecified atom stereocenters. The molecule has 0 aliphatic heterocycles. The van der Waals surface area contributed by atoms with Crippen molar-refractivity contribution in [2.45, 2.75) is 11.8 Å². The van der Waals surface area contributed by atoms with Gasteiger partial charge in [-0.15, -0.1) is 0 Å². The van der Waals surface area contributed by atoms with Crippen molar-refractivity contribution in [1.82, 2.24) is 0 Å². The van der Waals surface area contributed by atoms with Gasteiger partial charge < -0.3 is 20.2 Å². The van der Waals surface area contributed by atoms with Gasteiger partial charge in [0.05, 0.1) is 22.6 Å². The zero-order chi connectivity index (χ0) is 21.0. The maximum Gasteiger partial charge on any atom is 0.291 e. The lowest BCUT2D eigenvalue weighted by molar-refractivity contribution is 0.0995. The first-order valence-corrected chi connectivity index (χ1v) is 10.3. The Balaban J connectivity index is 1.73. The minimum absolute atomic E-state index is 0.00378. The third kappa shape index (κ3) is 4.64. The van der Waals surface area contributed by atoms with Crippen LogP contribution in [0.4, 0.5) is 11.4 Å². The van der Waals surface area contributed by atoms with Gasteiger partial charge in [0.15, 0.2) is 15.6 Å². The summed E-state index contributed by atoms with van der Waals surface area (Å²) in [5, 5.41) is 15.1. The van der Waals surface area contributed by atoms with Crippen molar-refractivity contribution in [2.24, 2.45) is 0 Å². The number of hydrogen-bond donors (Lipinski definition) is 3. The molecule has 0 aliphatic rings. The number of hydrogen-bond acceptors (Lipinski definition) is 6. The van der Waals surface area contributed by atoms with Crippen LogP contribution in [0.1, 0.15) is 27.8 Å². The summed E-state index contributed by atoms with van der Waals surface area (Å²) in [5.74, 6) is -1.17. The molecule has 8 nitrogen and oxygen atoms in total. The molecule has 0 spiro atoms. The van der Waals surface area contributed by atoms with Gasteiger partial charge in [0.2, 0.25) is 0 Å². The smallest absolute Gasteiger partial charge is 0.291 e. The number of phenols is 1. The van der Waals surface area contributed by atoms with Crippen LogP contribution in [-0.4, -0.2) is 31.1 Å². The van der Waals surface area contributed by atoms with Crippen molar-refractivity contribution >= 4 is 33.0 Å². The number of benzene rings is 2. The van der Waals surface area contributed by atoms with E-state index in [4.69, 9.17) is 4.42 Å². The lowest BCUT2D eigenvalue weighted by Crippen LogP contribution is -2.14. The van der Waals surface area contributed by atoms with Gasteiger partial charge in [-0.05, 0) is 54.6 Å². The third-order valence-corrected chi connectivity index (χ3v) is 5.84. The summed E-state index contributed by atoms with van der Waals surface area (Å²) in [4.78, 5) is 24.4. The van der Waals surface area contributed by atoms with E-state index in [1.165, 1.54) is 61.7 Å². The summed E-state index contributed by atoms with van der Waals surface area (Å²) in [6.07, 6.45) is 1.39. The largest absolute Gasteiger partial charge is 0.506 e. The highest BCUT2D eigenvalue weighted by molar-refractivity contribution is 7.91. The van der Waals surface area contributed by atoms with Crippen LogP contribution in [0.5, 0.6) is 5.75 Å². The number of amides is 2. The second-order valence-corrected chi connectivity index (χ2v) is 8.32. The fourth-order valence-corrected chi connectivity index (χ4v) is 3.38. The average Bonchev–Trinajstić information content (AvgIpc) is 3.25. The molecule has 0 saturated carbocycles. The van der Waals surface area contributed by atoms with Gasteiger partial charge in [0.25, 0.3) is 11.8 Å². The third-order valence-electron chi connectivity index (χ3n) is 4.11. The molecular formula is C20H18N2O6S. The van der Waals surface area contributed by atoms with Crippen LogP contribution in [0.3, 0.4) is 0 Å². The molecule has 0 bridgehead atoms. The Morgan fingerprint density at radius 3 is 2.34 bits per heavy atom. The zero-order valence-corrected chi connectivity index (χ0v) is 16.2. The van der Waals surface area contributed by atoms with Gasteiger partial charge in [-0.25, -0.2) is 8.42 Å². The molecule has 9 heteroatoms. The van der Waals surface area contributed by atoms with Crippen LogP contribution < -0.4 is 10.6 Å². The van der Waals surface area contributed by atoms with Crippen molar-refractivity contribution < 1.29 is 27.5 Å². The van der Waals surface area contributed by atoms with E-state index < -0.39 is 21.7 Å². The van der Waals surface area contributed by atoms with E-state index in [9.17, 15) is 23.1 Å². The van der Waals surface area contributed by atoms with Crippen LogP contribution in [-0.2, 0) is 9.84 Å². The lowest BCUT2D eigenvalue weighted by Gasteiger charge is -2.10. The molecule has 2 aromatic carbocycles. The Morgan fingerprint density at radius 2 is 1.72 bits per heavy atom. The number of carbonyl (C=O) groups is 2. The molecule has 0 fully saturated rings.